The number of halogens is 3. The van der Waals surface area contributed by atoms with Crippen molar-refractivity contribution in [3.05, 3.63) is 90.1 Å². The van der Waals surface area contributed by atoms with Crippen LogP contribution >= 0.6 is 0 Å². The van der Waals surface area contributed by atoms with Gasteiger partial charge in [0.05, 0.1) is 11.3 Å². The average Bonchev–Trinajstić information content (AvgIpc) is 3.26. The molecule has 6 nitrogen and oxygen atoms in total. The fourth-order valence-electron chi connectivity index (χ4n) is 5.01. The first-order chi connectivity index (χ1) is 17.6. The van der Waals surface area contributed by atoms with Crippen LogP contribution in [0.2, 0.25) is 0 Å². The fourth-order valence-corrected chi connectivity index (χ4v) is 5.01. The highest BCUT2D eigenvalue weighted by Gasteiger charge is 2.40. The maximum atomic E-state index is 14.3. The van der Waals surface area contributed by atoms with Crippen molar-refractivity contribution < 1.29 is 13.2 Å². The van der Waals surface area contributed by atoms with Gasteiger partial charge in [0.2, 0.25) is 0 Å². The second kappa shape index (κ2) is 11.0. The van der Waals surface area contributed by atoms with Gasteiger partial charge in [-0.25, -0.2) is 0 Å². The van der Waals surface area contributed by atoms with E-state index in [1.165, 1.54) is 18.5 Å². The van der Waals surface area contributed by atoms with Gasteiger partial charge in [0.15, 0.2) is 0 Å². The van der Waals surface area contributed by atoms with E-state index >= 15 is 0 Å². The van der Waals surface area contributed by atoms with Crippen LogP contribution in [0.3, 0.4) is 0 Å². The normalized spacial score (nSPS) is 21.0. The maximum Gasteiger partial charge on any atom is 0.418 e. The highest BCUT2D eigenvalue weighted by molar-refractivity contribution is 5.57. The van der Waals surface area contributed by atoms with E-state index in [-0.39, 0.29) is 11.7 Å². The van der Waals surface area contributed by atoms with Gasteiger partial charge >= 0.3 is 6.18 Å². The van der Waals surface area contributed by atoms with E-state index in [0.717, 1.165) is 37.3 Å². The molecule has 0 bridgehead atoms. The lowest BCUT2D eigenvalue weighted by Gasteiger charge is -2.38. The van der Waals surface area contributed by atoms with E-state index in [0.29, 0.717) is 23.6 Å². The van der Waals surface area contributed by atoms with Crippen LogP contribution < -0.4 is 4.90 Å². The quantitative estimate of drug-likeness (QED) is 0.481. The van der Waals surface area contributed by atoms with Gasteiger partial charge in [-0.05, 0) is 61.6 Å². The number of benzene rings is 1. The minimum absolute atomic E-state index is 0.0640. The number of hydrogen-bond donors (Lipinski definition) is 0. The van der Waals surface area contributed by atoms with Crippen molar-refractivity contribution in [1.82, 2.24) is 24.6 Å². The molecular formula is C28H35F3N6. The molecule has 198 valence electrons. The summed E-state index contributed by atoms with van der Waals surface area (Å²) in [5.41, 5.74) is 1.74. The Morgan fingerprint density at radius 1 is 1.27 bits per heavy atom. The summed E-state index contributed by atoms with van der Waals surface area (Å²) in [5.74, 6) is 1.34. The van der Waals surface area contributed by atoms with Crippen molar-refractivity contribution in [2.75, 3.05) is 25.0 Å². The first-order valence-electron chi connectivity index (χ1n) is 12.6. The highest BCUT2D eigenvalue weighted by Crippen LogP contribution is 2.38. The molecule has 0 saturated carbocycles. The lowest BCUT2D eigenvalue weighted by atomic mass is 9.94. The largest absolute Gasteiger partial charge is 0.418 e. The summed E-state index contributed by atoms with van der Waals surface area (Å²) < 4.78 is 44.9. The van der Waals surface area contributed by atoms with E-state index < -0.39 is 11.7 Å². The summed E-state index contributed by atoms with van der Waals surface area (Å²) in [7, 11) is 3.54. The summed E-state index contributed by atoms with van der Waals surface area (Å²) in [5, 5.41) is 8.03. The Kier molecular flexibility index (Phi) is 7.92. The standard InChI is InChI=1S/C28H35F3N6/c1-6-36(24-11-7-10-22(13-24)14-27-33-32-19-35(27)5)18-26-25(28(29,30)31)15-23(17-34(26)4)21(3)37-12-8-9-20(2)16-37/h6-7,10-11,13,15,17-21H,1,8-9,12,14,16H2,2-5H3/b26-18-/t20-,21?/m0/s1. The number of nitrogens with zero attached hydrogens (tertiary/aromatic N) is 6. The number of likely N-dealkylation sites (tertiary alicyclic amines) is 1. The van der Waals surface area contributed by atoms with Crippen molar-refractivity contribution >= 4 is 5.69 Å². The number of rotatable bonds is 7. The molecule has 1 saturated heterocycles. The molecule has 9 heteroatoms. The molecule has 2 atom stereocenters. The minimum Gasteiger partial charge on any atom is -0.349 e. The summed E-state index contributed by atoms with van der Waals surface area (Å²) in [6, 6.07) is 7.50. The molecule has 37 heavy (non-hydrogen) atoms. The Morgan fingerprint density at radius 3 is 2.70 bits per heavy atom. The molecule has 2 aromatic rings. The van der Waals surface area contributed by atoms with Gasteiger partial charge in [0.1, 0.15) is 12.2 Å². The van der Waals surface area contributed by atoms with E-state index in [4.69, 9.17) is 0 Å². The Morgan fingerprint density at radius 2 is 2.05 bits per heavy atom. The van der Waals surface area contributed by atoms with Gasteiger partial charge in [0, 0.05) is 57.4 Å². The Bertz CT molecular complexity index is 1210. The van der Waals surface area contributed by atoms with Crippen LogP contribution in [0.25, 0.3) is 0 Å². The molecule has 4 rings (SSSR count). The van der Waals surface area contributed by atoms with Crippen LogP contribution in [-0.4, -0.2) is 56.9 Å². The third-order valence-corrected chi connectivity index (χ3v) is 7.17. The summed E-state index contributed by atoms with van der Waals surface area (Å²) >= 11 is 0. The van der Waals surface area contributed by atoms with E-state index in [1.54, 1.807) is 23.2 Å². The molecule has 0 N–H and O–H groups in total. The molecule has 3 heterocycles. The minimum atomic E-state index is -4.51. The lowest BCUT2D eigenvalue weighted by molar-refractivity contribution is -0.0912. The molecule has 1 fully saturated rings. The topological polar surface area (TPSA) is 40.4 Å². The zero-order valence-corrected chi connectivity index (χ0v) is 21.9. The number of hydrogen-bond acceptors (Lipinski definition) is 5. The number of allylic oxidation sites excluding steroid dienone is 1. The lowest BCUT2D eigenvalue weighted by Crippen LogP contribution is -2.42. The Labute approximate surface area is 217 Å². The van der Waals surface area contributed by atoms with Gasteiger partial charge in [-0.3, -0.25) is 4.90 Å². The highest BCUT2D eigenvalue weighted by atomic mass is 19.4. The molecule has 1 aromatic heterocycles. The second-order valence-electron chi connectivity index (χ2n) is 10.0. The number of alkyl halides is 3. The Balaban J connectivity index is 1.63. The summed E-state index contributed by atoms with van der Waals surface area (Å²) in [6.45, 7) is 9.85. The third-order valence-electron chi connectivity index (χ3n) is 7.17. The molecule has 0 amide bonds. The second-order valence-corrected chi connectivity index (χ2v) is 10.0. The number of aryl methyl sites for hydroxylation is 1. The molecule has 1 unspecified atom stereocenters. The smallest absolute Gasteiger partial charge is 0.349 e. The van der Waals surface area contributed by atoms with Gasteiger partial charge in [-0.2, -0.15) is 13.2 Å². The number of aromatic nitrogens is 3. The number of likely N-dealkylation sites (N-methyl/N-ethyl adjacent to an activating group) is 1. The van der Waals surface area contributed by atoms with Crippen molar-refractivity contribution in [3.63, 3.8) is 0 Å². The van der Waals surface area contributed by atoms with Crippen LogP contribution in [0, 0.1) is 5.92 Å². The third kappa shape index (κ3) is 6.15. The zero-order valence-electron chi connectivity index (χ0n) is 21.9. The van der Waals surface area contributed by atoms with Crippen molar-refractivity contribution in [2.24, 2.45) is 13.0 Å². The van der Waals surface area contributed by atoms with Crippen LogP contribution in [0.5, 0.6) is 0 Å². The van der Waals surface area contributed by atoms with Crippen molar-refractivity contribution in [2.45, 2.75) is 45.3 Å². The maximum absolute atomic E-state index is 14.3. The first kappa shape index (κ1) is 26.7. The molecular weight excluding hydrogens is 477 g/mol. The van der Waals surface area contributed by atoms with Crippen LogP contribution in [0.4, 0.5) is 18.9 Å². The number of piperidine rings is 1. The van der Waals surface area contributed by atoms with E-state index in [9.17, 15) is 13.2 Å². The number of anilines is 1. The van der Waals surface area contributed by atoms with Crippen molar-refractivity contribution in [1.29, 1.82) is 0 Å². The van der Waals surface area contributed by atoms with Crippen LogP contribution in [0.1, 0.15) is 38.1 Å². The van der Waals surface area contributed by atoms with Gasteiger partial charge in [-0.1, -0.05) is 25.6 Å². The van der Waals surface area contributed by atoms with Crippen LogP contribution in [0.15, 0.2) is 78.7 Å². The Hall–Kier alpha value is -3.33. The zero-order chi connectivity index (χ0) is 26.7. The van der Waals surface area contributed by atoms with Gasteiger partial charge < -0.3 is 14.4 Å². The van der Waals surface area contributed by atoms with Gasteiger partial charge in [-0.15, -0.1) is 10.2 Å². The van der Waals surface area contributed by atoms with Crippen LogP contribution in [-0.2, 0) is 13.5 Å². The first-order valence-corrected chi connectivity index (χ1v) is 12.6. The molecule has 2 aliphatic rings. The van der Waals surface area contributed by atoms with E-state index in [1.807, 2.05) is 49.0 Å². The van der Waals surface area contributed by atoms with Crippen molar-refractivity contribution in [3.8, 4) is 0 Å². The molecule has 0 radical (unpaired) electrons. The molecule has 0 spiro atoms. The molecule has 1 aromatic carbocycles. The fraction of sp³-hybridized carbons (Fsp3) is 0.429. The average molecular weight is 513 g/mol. The van der Waals surface area contributed by atoms with Gasteiger partial charge in [0.25, 0.3) is 0 Å². The van der Waals surface area contributed by atoms with E-state index in [2.05, 4.69) is 28.6 Å². The SMILES string of the molecule is C=CN(/C=C1/C(C(F)(F)F)=CC(C(C)N2CCC[C@H](C)C2)=CN1C)c1cccc(Cc2nncn2C)c1. The molecule has 2 aliphatic heterocycles. The monoisotopic (exact) mass is 512 g/mol. The predicted molar refractivity (Wildman–Crippen MR) is 140 cm³/mol. The predicted octanol–water partition coefficient (Wildman–Crippen LogP) is 5.64. The summed E-state index contributed by atoms with van der Waals surface area (Å²) in [6.07, 6.45) is 6.06. The molecule has 0 aliphatic carbocycles. The summed E-state index contributed by atoms with van der Waals surface area (Å²) in [4.78, 5) is 5.48.